The minimum atomic E-state index is -4.82. The zero-order chi connectivity index (χ0) is 28.5. The molecule has 1 aromatic carbocycles. The highest BCUT2D eigenvalue weighted by Gasteiger charge is 2.65. The predicted molar refractivity (Wildman–Crippen MR) is 127 cm³/mol. The predicted octanol–water partition coefficient (Wildman–Crippen LogP) is 1.11. The molecule has 1 saturated heterocycles. The van der Waals surface area contributed by atoms with Crippen LogP contribution in [0.2, 0.25) is 0 Å². The maximum absolute atomic E-state index is 14.5. The minimum absolute atomic E-state index is 0.0173. The third kappa shape index (κ3) is 3.00. The van der Waals surface area contributed by atoms with E-state index in [0.29, 0.717) is 13.0 Å². The average Bonchev–Trinajstić information content (AvgIpc) is 3.21. The van der Waals surface area contributed by atoms with Crippen LogP contribution >= 0.6 is 0 Å². The van der Waals surface area contributed by atoms with Crippen LogP contribution in [0.25, 0.3) is 5.76 Å². The van der Waals surface area contributed by atoms with E-state index in [9.17, 15) is 48.0 Å². The van der Waals surface area contributed by atoms with Gasteiger partial charge in [0.05, 0.1) is 17.2 Å². The number of aromatic hydroxyl groups is 1. The highest BCUT2D eigenvalue weighted by atomic mass is 19.4. The van der Waals surface area contributed by atoms with E-state index in [1.165, 1.54) is 19.0 Å². The molecule has 7 N–H and O–H groups in total. The van der Waals surface area contributed by atoms with Gasteiger partial charge in [0, 0.05) is 29.0 Å². The van der Waals surface area contributed by atoms with Crippen LogP contribution in [0.15, 0.2) is 16.9 Å². The standard InChI is InChI=1S/C26H26F3N3O7/c1-32(2)18-10-6-7-5-9-13(20(34)14-12(16(9)26(27,28)29)8-3-4-31-17(8)14)19(33)11(7)22(36)25(10,39)23(37)15(21(18)35)24(30)38/h7-8,10,17-18,31,33-34,37,39H,3-6H2,1-2H3,(H2,30,38)/t7-,8?,10-,17?,18-,25-/m0/s1. The lowest BCUT2D eigenvalue weighted by Crippen LogP contribution is -2.65. The summed E-state index contributed by atoms with van der Waals surface area (Å²) in [5.74, 6) is -9.24. The average molecular weight is 550 g/mol. The number of nitrogens with two attached hydrogens (primary N) is 1. The number of halogens is 3. The first-order valence-electron chi connectivity index (χ1n) is 12.5. The molecule has 1 saturated carbocycles. The van der Waals surface area contributed by atoms with Crippen LogP contribution in [-0.4, -0.2) is 75.1 Å². The number of phenols is 1. The number of alkyl halides is 3. The van der Waals surface area contributed by atoms with Gasteiger partial charge in [-0.3, -0.25) is 19.3 Å². The van der Waals surface area contributed by atoms with Gasteiger partial charge in [0.1, 0.15) is 22.8 Å². The molecule has 13 heteroatoms. The second-order valence-corrected chi connectivity index (χ2v) is 11.2. The van der Waals surface area contributed by atoms with Gasteiger partial charge < -0.3 is 31.5 Å². The number of phenolic OH excluding ortho intramolecular Hbond substituents is 1. The van der Waals surface area contributed by atoms with E-state index in [0.717, 1.165) is 0 Å². The first kappa shape index (κ1) is 25.8. The number of Topliss-reactive ketones (excluding diaryl/α,β-unsaturated/α-hetero) is 2. The fourth-order valence-electron chi connectivity index (χ4n) is 7.66. The van der Waals surface area contributed by atoms with Gasteiger partial charge in [0.15, 0.2) is 11.4 Å². The molecule has 2 unspecified atom stereocenters. The number of nitrogens with zero attached hydrogens (tertiary/aromatic N) is 1. The van der Waals surface area contributed by atoms with Crippen LogP contribution in [0.1, 0.15) is 52.6 Å². The number of likely N-dealkylation sites (N-methyl/N-ethyl adjacent to an activating group) is 1. The largest absolute Gasteiger partial charge is 0.508 e. The van der Waals surface area contributed by atoms with Gasteiger partial charge in [0.2, 0.25) is 5.78 Å². The Kier molecular flexibility index (Phi) is 5.19. The first-order valence-corrected chi connectivity index (χ1v) is 12.5. The molecule has 10 nitrogen and oxygen atoms in total. The minimum Gasteiger partial charge on any atom is -0.508 e. The Balaban J connectivity index is 1.61. The molecular formula is C26H26F3N3O7. The van der Waals surface area contributed by atoms with E-state index in [-0.39, 0.29) is 23.1 Å². The van der Waals surface area contributed by atoms with Crippen molar-refractivity contribution in [2.45, 2.75) is 49.0 Å². The lowest BCUT2D eigenvalue weighted by molar-refractivity contribution is -0.153. The molecule has 6 atom stereocenters. The Morgan fingerprint density at radius 2 is 1.82 bits per heavy atom. The molecule has 1 heterocycles. The zero-order valence-electron chi connectivity index (χ0n) is 20.9. The molecule has 5 aliphatic rings. The number of rotatable bonds is 2. The van der Waals surface area contributed by atoms with Crippen LogP contribution < -0.4 is 11.1 Å². The summed E-state index contributed by atoms with van der Waals surface area (Å²) in [6.07, 6.45) is -5.07. The monoisotopic (exact) mass is 549 g/mol. The van der Waals surface area contributed by atoms with Gasteiger partial charge in [-0.15, -0.1) is 0 Å². The number of carbonyl (C=O) groups is 3. The zero-order valence-corrected chi connectivity index (χ0v) is 20.9. The van der Waals surface area contributed by atoms with Crippen molar-refractivity contribution in [1.82, 2.24) is 10.2 Å². The summed E-state index contributed by atoms with van der Waals surface area (Å²) in [5.41, 5.74) is -0.850. The second kappa shape index (κ2) is 7.83. The lowest BCUT2D eigenvalue weighted by atomic mass is 9.56. The van der Waals surface area contributed by atoms with Gasteiger partial charge >= 0.3 is 6.18 Å². The number of aliphatic hydroxyl groups is 3. The Morgan fingerprint density at radius 1 is 1.15 bits per heavy atom. The number of aliphatic hydroxyl groups excluding tert-OH is 2. The molecule has 1 aromatic rings. The highest BCUT2D eigenvalue weighted by molar-refractivity contribution is 6.24. The van der Waals surface area contributed by atoms with E-state index in [4.69, 9.17) is 5.73 Å². The molecule has 0 aromatic heterocycles. The lowest BCUT2D eigenvalue weighted by Gasteiger charge is -2.50. The maximum atomic E-state index is 14.5. The second-order valence-electron chi connectivity index (χ2n) is 11.2. The smallest absolute Gasteiger partial charge is 0.416 e. The van der Waals surface area contributed by atoms with E-state index in [2.05, 4.69) is 5.32 Å². The molecule has 4 aliphatic carbocycles. The van der Waals surface area contributed by atoms with Crippen molar-refractivity contribution in [3.05, 3.63) is 44.7 Å². The van der Waals surface area contributed by atoms with Crippen LogP contribution in [-0.2, 0) is 27.0 Å². The fraction of sp³-hybridized carbons (Fsp3) is 0.500. The third-order valence-electron chi connectivity index (χ3n) is 9.16. The molecule has 0 spiro atoms. The molecule has 1 aliphatic heterocycles. The summed E-state index contributed by atoms with van der Waals surface area (Å²) in [4.78, 5) is 40.4. The van der Waals surface area contributed by atoms with Gasteiger partial charge in [-0.1, -0.05) is 0 Å². The quantitative estimate of drug-likeness (QED) is 0.296. The van der Waals surface area contributed by atoms with Gasteiger partial charge in [-0.2, -0.15) is 13.2 Å². The van der Waals surface area contributed by atoms with Crippen molar-refractivity contribution in [1.29, 1.82) is 0 Å². The summed E-state index contributed by atoms with van der Waals surface area (Å²) in [7, 11) is 2.89. The Labute approximate surface area is 219 Å². The Bertz CT molecular complexity index is 1460. The third-order valence-corrected chi connectivity index (χ3v) is 9.16. The number of nitrogens with one attached hydrogen (secondary N) is 1. The van der Waals surface area contributed by atoms with Crippen LogP contribution in [0.5, 0.6) is 5.75 Å². The van der Waals surface area contributed by atoms with Crippen molar-refractivity contribution < 1.29 is 48.0 Å². The van der Waals surface area contributed by atoms with Gasteiger partial charge in [-0.05, 0) is 56.9 Å². The van der Waals surface area contributed by atoms with Crippen molar-refractivity contribution in [2.75, 3.05) is 20.6 Å². The van der Waals surface area contributed by atoms with Gasteiger partial charge in [-0.25, -0.2) is 0 Å². The summed E-state index contributed by atoms with van der Waals surface area (Å²) >= 11 is 0. The van der Waals surface area contributed by atoms with E-state index >= 15 is 0 Å². The molecule has 2 fully saturated rings. The topological polar surface area (TPSA) is 173 Å². The molecule has 6 rings (SSSR count). The van der Waals surface area contributed by atoms with Crippen molar-refractivity contribution in [3.8, 4) is 5.75 Å². The number of ketones is 2. The number of fused-ring (bicyclic) bond motifs is 7. The summed E-state index contributed by atoms with van der Waals surface area (Å²) < 4.78 is 43.6. The molecule has 0 radical (unpaired) electrons. The summed E-state index contributed by atoms with van der Waals surface area (Å²) in [5, 5.41) is 48.0. The van der Waals surface area contributed by atoms with E-state index in [1.54, 1.807) is 0 Å². The Hall–Kier alpha value is -3.42. The normalized spacial score (nSPS) is 33.4. The van der Waals surface area contributed by atoms with Crippen LogP contribution in [0.4, 0.5) is 13.2 Å². The van der Waals surface area contributed by atoms with Crippen molar-refractivity contribution in [2.24, 2.45) is 17.6 Å². The number of primary amides is 1. The van der Waals surface area contributed by atoms with Crippen molar-refractivity contribution >= 4 is 23.2 Å². The molecule has 0 bridgehead atoms. The molecule has 208 valence electrons. The van der Waals surface area contributed by atoms with Crippen LogP contribution in [0.3, 0.4) is 0 Å². The molecular weight excluding hydrogens is 523 g/mol. The SMILES string of the molecule is CN(C)[C@@H]1C(=O)C(C(N)=O)=C(O)[C@@]2(O)C(=O)C3=C(O)c4c(O)c5c(c(C(F)(F)F)c4C[C@H]3C[C@@H]12)C1CCNC51. The number of hydrogen-bond donors (Lipinski definition) is 6. The van der Waals surface area contributed by atoms with Crippen molar-refractivity contribution in [3.63, 3.8) is 0 Å². The van der Waals surface area contributed by atoms with Gasteiger partial charge in [0.25, 0.3) is 5.91 Å². The number of benzene rings is 1. The first-order chi connectivity index (χ1) is 18.1. The maximum Gasteiger partial charge on any atom is 0.416 e. The highest BCUT2D eigenvalue weighted by Crippen LogP contribution is 2.62. The summed E-state index contributed by atoms with van der Waals surface area (Å²) in [6.45, 7) is 0.447. The fourth-order valence-corrected chi connectivity index (χ4v) is 7.66. The molecule has 39 heavy (non-hydrogen) atoms. The summed E-state index contributed by atoms with van der Waals surface area (Å²) in [6, 6.07) is -1.85. The number of hydrogen-bond acceptors (Lipinski definition) is 9. The molecule has 1 amide bonds. The number of amides is 1. The van der Waals surface area contributed by atoms with E-state index < -0.39 is 105 Å². The Morgan fingerprint density at radius 3 is 2.41 bits per heavy atom. The number of carbonyl (C=O) groups excluding carboxylic acids is 3. The van der Waals surface area contributed by atoms with Crippen LogP contribution in [0, 0.1) is 11.8 Å². The van der Waals surface area contributed by atoms with E-state index in [1.807, 2.05) is 0 Å².